The van der Waals surface area contributed by atoms with E-state index in [1.165, 1.54) is 0 Å². The SMILES string of the molecule is CCCOc1cccc(C(=O)NC(=S)Nc2ccc(C)cc2)c1. The third-order valence-electron chi connectivity index (χ3n) is 3.11. The number of carbonyl (C=O) groups is 1. The molecule has 120 valence electrons. The van der Waals surface area contributed by atoms with Crippen molar-refractivity contribution < 1.29 is 9.53 Å². The van der Waals surface area contributed by atoms with Gasteiger partial charge in [-0.15, -0.1) is 0 Å². The zero-order valence-electron chi connectivity index (χ0n) is 13.3. The summed E-state index contributed by atoms with van der Waals surface area (Å²) < 4.78 is 5.53. The Morgan fingerprint density at radius 3 is 2.61 bits per heavy atom. The fraction of sp³-hybridized carbons (Fsp3) is 0.222. The quantitative estimate of drug-likeness (QED) is 0.817. The molecular weight excluding hydrogens is 308 g/mol. The van der Waals surface area contributed by atoms with E-state index in [1.54, 1.807) is 18.2 Å². The van der Waals surface area contributed by atoms with Crippen LogP contribution in [-0.4, -0.2) is 17.6 Å². The topological polar surface area (TPSA) is 50.4 Å². The molecule has 0 saturated heterocycles. The van der Waals surface area contributed by atoms with Crippen molar-refractivity contribution in [1.29, 1.82) is 0 Å². The number of ether oxygens (including phenoxy) is 1. The Labute approximate surface area is 141 Å². The summed E-state index contributed by atoms with van der Waals surface area (Å²) in [7, 11) is 0. The number of thiocarbonyl (C=S) groups is 1. The van der Waals surface area contributed by atoms with Crippen LogP contribution in [0.15, 0.2) is 48.5 Å². The van der Waals surface area contributed by atoms with Gasteiger partial charge in [-0.1, -0.05) is 30.7 Å². The molecule has 0 spiro atoms. The number of rotatable bonds is 5. The van der Waals surface area contributed by atoms with Gasteiger partial charge in [-0.25, -0.2) is 0 Å². The zero-order chi connectivity index (χ0) is 16.7. The first-order valence-electron chi connectivity index (χ1n) is 7.50. The minimum atomic E-state index is -0.267. The molecule has 0 aromatic heterocycles. The summed E-state index contributed by atoms with van der Waals surface area (Å²) >= 11 is 5.17. The molecule has 0 saturated carbocycles. The number of anilines is 1. The lowest BCUT2D eigenvalue weighted by Gasteiger charge is -2.11. The second kappa shape index (κ2) is 8.29. The molecule has 2 aromatic rings. The summed E-state index contributed by atoms with van der Waals surface area (Å²) in [5, 5.41) is 5.92. The van der Waals surface area contributed by atoms with E-state index in [9.17, 15) is 4.79 Å². The predicted molar refractivity (Wildman–Crippen MR) is 97.1 cm³/mol. The van der Waals surface area contributed by atoms with Crippen LogP contribution in [0.4, 0.5) is 5.69 Å². The highest BCUT2D eigenvalue weighted by atomic mass is 32.1. The normalized spacial score (nSPS) is 10.0. The number of benzene rings is 2. The van der Waals surface area contributed by atoms with E-state index in [2.05, 4.69) is 10.6 Å². The van der Waals surface area contributed by atoms with Gasteiger partial charge in [0.15, 0.2) is 5.11 Å². The van der Waals surface area contributed by atoms with Crippen molar-refractivity contribution in [2.24, 2.45) is 0 Å². The smallest absolute Gasteiger partial charge is 0.257 e. The van der Waals surface area contributed by atoms with Gasteiger partial charge in [0, 0.05) is 11.3 Å². The van der Waals surface area contributed by atoms with Crippen LogP contribution < -0.4 is 15.4 Å². The molecule has 5 heteroatoms. The lowest BCUT2D eigenvalue weighted by Crippen LogP contribution is -2.34. The molecule has 2 N–H and O–H groups in total. The molecule has 2 rings (SSSR count). The Bertz CT molecular complexity index is 684. The predicted octanol–water partition coefficient (Wildman–Crippen LogP) is 3.91. The summed E-state index contributed by atoms with van der Waals surface area (Å²) in [6.07, 6.45) is 0.918. The first-order chi connectivity index (χ1) is 11.1. The number of hydrogen-bond donors (Lipinski definition) is 2. The van der Waals surface area contributed by atoms with Crippen molar-refractivity contribution in [3.05, 3.63) is 59.7 Å². The van der Waals surface area contributed by atoms with Crippen molar-refractivity contribution in [1.82, 2.24) is 5.32 Å². The maximum absolute atomic E-state index is 12.2. The number of carbonyl (C=O) groups excluding carboxylic acids is 1. The van der Waals surface area contributed by atoms with Crippen molar-refractivity contribution in [3.63, 3.8) is 0 Å². The molecule has 0 aliphatic heterocycles. The van der Waals surface area contributed by atoms with Gasteiger partial charge in [0.05, 0.1) is 6.61 Å². The molecular formula is C18H20N2O2S. The molecule has 0 fully saturated rings. The van der Waals surface area contributed by atoms with Gasteiger partial charge in [0.2, 0.25) is 0 Å². The molecule has 0 aliphatic rings. The number of aryl methyl sites for hydroxylation is 1. The Morgan fingerprint density at radius 1 is 1.17 bits per heavy atom. The molecule has 1 amide bonds. The van der Waals surface area contributed by atoms with Gasteiger partial charge < -0.3 is 10.1 Å². The molecule has 4 nitrogen and oxygen atoms in total. The molecule has 2 aromatic carbocycles. The number of amides is 1. The highest BCUT2D eigenvalue weighted by Crippen LogP contribution is 2.14. The highest BCUT2D eigenvalue weighted by molar-refractivity contribution is 7.80. The Hall–Kier alpha value is -2.40. The summed E-state index contributed by atoms with van der Waals surface area (Å²) in [6.45, 7) is 4.67. The molecule has 0 radical (unpaired) electrons. The van der Waals surface area contributed by atoms with Crippen molar-refractivity contribution in [3.8, 4) is 5.75 Å². The fourth-order valence-electron chi connectivity index (χ4n) is 1.92. The van der Waals surface area contributed by atoms with Gasteiger partial charge in [-0.3, -0.25) is 10.1 Å². The van der Waals surface area contributed by atoms with Crippen LogP contribution in [0.5, 0.6) is 5.75 Å². The summed E-state index contributed by atoms with van der Waals surface area (Å²) in [5.74, 6) is 0.411. The molecule has 0 atom stereocenters. The average molecular weight is 328 g/mol. The van der Waals surface area contributed by atoms with Gasteiger partial charge in [-0.05, 0) is 55.9 Å². The van der Waals surface area contributed by atoms with E-state index in [-0.39, 0.29) is 11.0 Å². The van der Waals surface area contributed by atoms with Crippen LogP contribution in [0.25, 0.3) is 0 Å². The first-order valence-corrected chi connectivity index (χ1v) is 7.91. The number of hydrogen-bond acceptors (Lipinski definition) is 3. The second-order valence-electron chi connectivity index (χ2n) is 5.15. The van der Waals surface area contributed by atoms with Gasteiger partial charge in [0.25, 0.3) is 5.91 Å². The van der Waals surface area contributed by atoms with E-state index in [0.29, 0.717) is 17.9 Å². The van der Waals surface area contributed by atoms with E-state index in [4.69, 9.17) is 17.0 Å². The monoisotopic (exact) mass is 328 g/mol. The van der Waals surface area contributed by atoms with Crippen molar-refractivity contribution in [2.75, 3.05) is 11.9 Å². The Kier molecular flexibility index (Phi) is 6.11. The summed E-state index contributed by atoms with van der Waals surface area (Å²) in [6, 6.07) is 14.8. The zero-order valence-corrected chi connectivity index (χ0v) is 14.1. The third-order valence-corrected chi connectivity index (χ3v) is 3.31. The molecule has 23 heavy (non-hydrogen) atoms. The lowest BCUT2D eigenvalue weighted by molar-refractivity contribution is 0.0977. The second-order valence-corrected chi connectivity index (χ2v) is 5.56. The maximum atomic E-state index is 12.2. The lowest BCUT2D eigenvalue weighted by atomic mass is 10.2. The maximum Gasteiger partial charge on any atom is 0.257 e. The summed E-state index contributed by atoms with van der Waals surface area (Å²) in [4.78, 5) is 12.2. The minimum Gasteiger partial charge on any atom is -0.494 e. The minimum absolute atomic E-state index is 0.263. The highest BCUT2D eigenvalue weighted by Gasteiger charge is 2.09. The van der Waals surface area contributed by atoms with Crippen LogP contribution in [0.3, 0.4) is 0 Å². The van der Waals surface area contributed by atoms with Gasteiger partial charge in [0.1, 0.15) is 5.75 Å². The number of nitrogens with one attached hydrogen (secondary N) is 2. The third kappa shape index (κ3) is 5.38. The van der Waals surface area contributed by atoms with E-state index < -0.39 is 0 Å². The summed E-state index contributed by atoms with van der Waals surface area (Å²) in [5.41, 5.74) is 2.50. The van der Waals surface area contributed by atoms with E-state index in [0.717, 1.165) is 17.7 Å². The van der Waals surface area contributed by atoms with E-state index in [1.807, 2.05) is 44.2 Å². The van der Waals surface area contributed by atoms with Gasteiger partial charge in [-0.2, -0.15) is 0 Å². The fourth-order valence-corrected chi connectivity index (χ4v) is 2.13. The Morgan fingerprint density at radius 2 is 1.91 bits per heavy atom. The van der Waals surface area contributed by atoms with Crippen LogP contribution in [-0.2, 0) is 0 Å². The van der Waals surface area contributed by atoms with Crippen LogP contribution in [0.1, 0.15) is 29.3 Å². The van der Waals surface area contributed by atoms with Crippen molar-refractivity contribution in [2.45, 2.75) is 20.3 Å². The van der Waals surface area contributed by atoms with Gasteiger partial charge >= 0.3 is 0 Å². The van der Waals surface area contributed by atoms with E-state index >= 15 is 0 Å². The first kappa shape index (κ1) is 17.0. The van der Waals surface area contributed by atoms with Crippen LogP contribution >= 0.6 is 12.2 Å². The molecule has 0 unspecified atom stereocenters. The average Bonchev–Trinajstić information content (AvgIpc) is 2.55. The molecule has 0 bridgehead atoms. The Balaban J connectivity index is 1.95. The molecule has 0 heterocycles. The van der Waals surface area contributed by atoms with Crippen LogP contribution in [0.2, 0.25) is 0 Å². The van der Waals surface area contributed by atoms with Crippen LogP contribution in [0, 0.1) is 6.92 Å². The van der Waals surface area contributed by atoms with Crippen molar-refractivity contribution >= 4 is 28.9 Å². The molecule has 0 aliphatic carbocycles. The standard InChI is InChI=1S/C18H20N2O2S/c1-3-11-22-16-6-4-5-14(12-16)17(21)20-18(23)19-15-9-7-13(2)8-10-15/h4-10,12H,3,11H2,1-2H3,(H2,19,20,21,23). The largest absolute Gasteiger partial charge is 0.494 e.